The molecule has 5 aliphatic heterocycles. The first-order chi connectivity index (χ1) is 7.90. The third kappa shape index (κ3) is 1.43. The van der Waals surface area contributed by atoms with Gasteiger partial charge < -0.3 is 4.74 Å². The topological polar surface area (TPSA) is 22.2 Å². The summed E-state index contributed by atoms with van der Waals surface area (Å²) >= 11 is 0. The fraction of sp³-hybridized carbons (Fsp3) is 1.00. The quantitative estimate of drug-likeness (QED) is 0.612. The highest BCUT2D eigenvalue weighted by atomic mass is 16.5. The van der Waals surface area contributed by atoms with Gasteiger partial charge >= 0.3 is 0 Å². The molecule has 0 aromatic carbocycles. The van der Waals surface area contributed by atoms with Crippen LogP contribution in [0.4, 0.5) is 0 Å². The maximum absolute atomic E-state index is 5.48. The second-order valence-corrected chi connectivity index (χ2v) is 5.59. The molecule has 0 aliphatic carbocycles. The molecule has 4 bridgehead atoms. The van der Waals surface area contributed by atoms with Crippen LogP contribution in [-0.4, -0.2) is 72.3 Å². The Morgan fingerprint density at radius 3 is 1.88 bits per heavy atom. The zero-order chi connectivity index (χ0) is 10.5. The van der Waals surface area contributed by atoms with Gasteiger partial charge in [0.2, 0.25) is 0 Å². The molecule has 0 unspecified atom stereocenters. The van der Waals surface area contributed by atoms with Gasteiger partial charge in [-0.25, -0.2) is 0 Å². The Morgan fingerprint density at radius 1 is 0.750 bits per heavy atom. The molecule has 0 N–H and O–H groups in total. The van der Waals surface area contributed by atoms with Crippen LogP contribution in [0.25, 0.3) is 0 Å². The van der Waals surface area contributed by atoms with Crippen LogP contribution in [0.5, 0.6) is 0 Å². The van der Waals surface area contributed by atoms with Crippen molar-refractivity contribution in [3.63, 3.8) is 0 Å². The Bertz CT molecular complexity index is 248. The van der Waals surface area contributed by atoms with Crippen LogP contribution < -0.4 is 0 Å². The van der Waals surface area contributed by atoms with E-state index in [1.807, 2.05) is 0 Å². The van der Waals surface area contributed by atoms with Crippen molar-refractivity contribution in [3.05, 3.63) is 0 Å². The van der Waals surface area contributed by atoms with E-state index >= 15 is 0 Å². The fourth-order valence-corrected chi connectivity index (χ4v) is 3.84. The molecule has 0 spiro atoms. The molecule has 5 heterocycles. The van der Waals surface area contributed by atoms with Crippen LogP contribution in [0.1, 0.15) is 12.8 Å². The number of nitrogens with zero attached hydrogens (tertiary/aromatic N) is 4. The number of rotatable bonds is 1. The van der Waals surface area contributed by atoms with Crippen molar-refractivity contribution in [2.45, 2.75) is 19.0 Å². The smallest absolute Gasteiger partial charge is 0.0697 e. The molecular formula is C11H20N4O. The Hall–Kier alpha value is -0.200. The van der Waals surface area contributed by atoms with E-state index < -0.39 is 0 Å². The lowest BCUT2D eigenvalue weighted by Gasteiger charge is -2.62. The molecule has 0 aromatic rings. The van der Waals surface area contributed by atoms with Crippen LogP contribution in [0.2, 0.25) is 0 Å². The van der Waals surface area contributed by atoms with Crippen molar-refractivity contribution < 1.29 is 4.74 Å². The van der Waals surface area contributed by atoms with Gasteiger partial charge in [0.25, 0.3) is 0 Å². The highest BCUT2D eigenvalue weighted by Gasteiger charge is 2.46. The molecule has 0 aromatic heterocycles. The highest BCUT2D eigenvalue weighted by Crippen LogP contribution is 2.33. The molecule has 5 saturated heterocycles. The zero-order valence-electron chi connectivity index (χ0n) is 9.72. The lowest BCUT2D eigenvalue weighted by molar-refractivity contribution is -0.247. The van der Waals surface area contributed by atoms with Gasteiger partial charge in [-0.2, -0.15) is 0 Å². The first-order valence-electron chi connectivity index (χ1n) is 6.41. The normalized spacial score (nSPS) is 52.1. The van der Waals surface area contributed by atoms with E-state index in [0.717, 1.165) is 19.1 Å². The molecule has 5 rings (SSSR count). The lowest BCUT2D eigenvalue weighted by atomic mass is 9.93. The summed E-state index contributed by atoms with van der Waals surface area (Å²) in [7, 11) is 0. The Kier molecular flexibility index (Phi) is 2.23. The molecule has 5 fully saturated rings. The predicted molar refractivity (Wildman–Crippen MR) is 59.0 cm³/mol. The summed E-state index contributed by atoms with van der Waals surface area (Å²) in [5.74, 6) is 0.830. The summed E-state index contributed by atoms with van der Waals surface area (Å²) in [6.45, 7) is 7.81. The van der Waals surface area contributed by atoms with Gasteiger partial charge in [0, 0.05) is 13.2 Å². The monoisotopic (exact) mass is 224 g/mol. The van der Waals surface area contributed by atoms with Crippen molar-refractivity contribution >= 4 is 0 Å². The van der Waals surface area contributed by atoms with Crippen LogP contribution in [0.3, 0.4) is 0 Å². The molecule has 5 aliphatic rings. The van der Waals surface area contributed by atoms with Crippen LogP contribution in [0.15, 0.2) is 0 Å². The van der Waals surface area contributed by atoms with Gasteiger partial charge in [-0.05, 0) is 18.8 Å². The second-order valence-electron chi connectivity index (χ2n) is 5.59. The van der Waals surface area contributed by atoms with Crippen molar-refractivity contribution in [1.82, 2.24) is 19.6 Å². The van der Waals surface area contributed by atoms with Crippen molar-refractivity contribution in [3.8, 4) is 0 Å². The summed E-state index contributed by atoms with van der Waals surface area (Å²) in [5, 5.41) is 0. The number of ether oxygens (including phenoxy) is 1. The molecule has 0 atom stereocenters. The average molecular weight is 224 g/mol. The van der Waals surface area contributed by atoms with Gasteiger partial charge in [-0.3, -0.25) is 19.6 Å². The zero-order valence-corrected chi connectivity index (χ0v) is 9.72. The van der Waals surface area contributed by atoms with E-state index in [9.17, 15) is 0 Å². The average Bonchev–Trinajstić information content (AvgIpc) is 2.29. The van der Waals surface area contributed by atoms with E-state index in [-0.39, 0.29) is 0 Å². The number of hydrogen-bond acceptors (Lipinski definition) is 5. The first kappa shape index (κ1) is 9.79. The van der Waals surface area contributed by atoms with E-state index in [0.29, 0.717) is 6.17 Å². The van der Waals surface area contributed by atoms with E-state index in [1.54, 1.807) is 0 Å². The SMILES string of the molecule is C1CC(C2N3CN4CN(C3)CN2C4)CCO1. The summed E-state index contributed by atoms with van der Waals surface area (Å²) < 4.78 is 5.48. The maximum Gasteiger partial charge on any atom is 0.0697 e. The number of hydrogen-bond donors (Lipinski definition) is 0. The van der Waals surface area contributed by atoms with Gasteiger partial charge in [0.1, 0.15) is 0 Å². The van der Waals surface area contributed by atoms with E-state index in [1.165, 1.54) is 46.2 Å². The minimum Gasteiger partial charge on any atom is -0.381 e. The molecule has 5 heteroatoms. The van der Waals surface area contributed by atoms with Gasteiger partial charge in [0.15, 0.2) is 0 Å². The predicted octanol–water partition coefficient (Wildman–Crippen LogP) is -0.225. The van der Waals surface area contributed by atoms with Crippen LogP contribution in [-0.2, 0) is 4.74 Å². The minimum absolute atomic E-state index is 0.691. The Balaban J connectivity index is 1.55. The van der Waals surface area contributed by atoms with Gasteiger partial charge in [-0.15, -0.1) is 0 Å². The highest BCUT2D eigenvalue weighted by molar-refractivity contribution is 4.91. The molecule has 5 nitrogen and oxygen atoms in total. The lowest BCUT2D eigenvalue weighted by Crippen LogP contribution is -2.76. The first-order valence-corrected chi connectivity index (χ1v) is 6.41. The summed E-state index contributed by atoms with van der Waals surface area (Å²) in [6.07, 6.45) is 3.19. The summed E-state index contributed by atoms with van der Waals surface area (Å²) in [6, 6.07) is 0. The molecule has 0 radical (unpaired) electrons. The third-order valence-electron chi connectivity index (χ3n) is 4.36. The molecule has 0 saturated carbocycles. The molecule has 0 amide bonds. The molecule has 90 valence electrons. The van der Waals surface area contributed by atoms with Gasteiger partial charge in [-0.1, -0.05) is 0 Å². The van der Waals surface area contributed by atoms with Gasteiger partial charge in [0.05, 0.1) is 39.5 Å². The van der Waals surface area contributed by atoms with E-state index in [2.05, 4.69) is 19.6 Å². The van der Waals surface area contributed by atoms with Crippen LogP contribution >= 0.6 is 0 Å². The second kappa shape index (κ2) is 3.65. The Morgan fingerprint density at radius 2 is 1.31 bits per heavy atom. The fourth-order valence-electron chi connectivity index (χ4n) is 3.84. The third-order valence-corrected chi connectivity index (χ3v) is 4.36. The largest absolute Gasteiger partial charge is 0.381 e. The summed E-state index contributed by atoms with van der Waals surface area (Å²) in [5.41, 5.74) is 0. The summed E-state index contributed by atoms with van der Waals surface area (Å²) in [4.78, 5) is 10.4. The van der Waals surface area contributed by atoms with Crippen molar-refractivity contribution in [1.29, 1.82) is 0 Å². The standard InChI is InChI=1S/C11H20N4O/c1-3-16-4-2-10(1)11-14-6-12-5-13(8-14)9-15(11)7-12/h10-11H,1-9H2. The van der Waals surface area contributed by atoms with Crippen molar-refractivity contribution in [2.24, 2.45) is 5.92 Å². The Labute approximate surface area is 96.5 Å². The minimum atomic E-state index is 0.691. The van der Waals surface area contributed by atoms with Crippen molar-refractivity contribution in [2.75, 3.05) is 46.6 Å². The molecular weight excluding hydrogens is 204 g/mol. The van der Waals surface area contributed by atoms with Crippen LogP contribution in [0, 0.1) is 5.92 Å². The molecule has 16 heavy (non-hydrogen) atoms. The maximum atomic E-state index is 5.48. The van der Waals surface area contributed by atoms with E-state index in [4.69, 9.17) is 4.74 Å².